The van der Waals surface area contributed by atoms with Crippen LogP contribution in [0.5, 0.6) is 0 Å². The van der Waals surface area contributed by atoms with Gasteiger partial charge >= 0.3 is 0 Å². The van der Waals surface area contributed by atoms with Gasteiger partial charge in [-0.05, 0) is 44.4 Å². The largest absolute Gasteiger partial charge is 0.377 e. The van der Waals surface area contributed by atoms with Crippen molar-refractivity contribution in [2.75, 3.05) is 32.9 Å². The fourth-order valence-electron chi connectivity index (χ4n) is 2.57. The van der Waals surface area contributed by atoms with Crippen molar-refractivity contribution in [3.8, 4) is 0 Å². The van der Waals surface area contributed by atoms with E-state index in [4.69, 9.17) is 21.1 Å². The predicted octanol–water partition coefficient (Wildman–Crippen LogP) is 3.77. The van der Waals surface area contributed by atoms with E-state index in [1.807, 2.05) is 24.3 Å². The van der Waals surface area contributed by atoms with Gasteiger partial charge in [-0.3, -0.25) is 4.99 Å². The second-order valence-corrected chi connectivity index (χ2v) is 6.32. The normalized spacial score (nSPS) is 18.5. The van der Waals surface area contributed by atoms with E-state index in [1.54, 1.807) is 0 Å². The van der Waals surface area contributed by atoms with Gasteiger partial charge in [0.15, 0.2) is 5.96 Å². The second-order valence-electron chi connectivity index (χ2n) is 5.89. The van der Waals surface area contributed by atoms with Crippen LogP contribution in [0.2, 0.25) is 5.02 Å². The third-order valence-electron chi connectivity index (χ3n) is 3.90. The van der Waals surface area contributed by atoms with Crippen LogP contribution in [0.15, 0.2) is 29.3 Å². The zero-order valence-corrected chi connectivity index (χ0v) is 18.1. The highest BCUT2D eigenvalue weighted by Gasteiger charge is 2.15. The molecular weight excluding hydrogens is 453 g/mol. The smallest absolute Gasteiger partial charge is 0.191 e. The average Bonchev–Trinajstić information content (AvgIpc) is 3.08. The Balaban J connectivity index is 0.00000312. The molecule has 1 aliphatic heterocycles. The molecule has 1 aliphatic rings. The molecule has 25 heavy (non-hydrogen) atoms. The van der Waals surface area contributed by atoms with Crippen molar-refractivity contribution in [2.24, 2.45) is 4.99 Å². The Morgan fingerprint density at radius 2 is 2.16 bits per heavy atom. The number of nitrogens with zero attached hydrogens (tertiary/aromatic N) is 1. The Morgan fingerprint density at radius 1 is 1.40 bits per heavy atom. The van der Waals surface area contributed by atoms with E-state index < -0.39 is 0 Å². The number of nitrogens with one attached hydrogen (secondary N) is 2. The number of guanidine groups is 1. The van der Waals surface area contributed by atoms with Gasteiger partial charge in [-0.2, -0.15) is 0 Å². The molecule has 2 rings (SSSR count). The summed E-state index contributed by atoms with van der Waals surface area (Å²) >= 11 is 5.94. The maximum absolute atomic E-state index is 5.94. The molecule has 5 nitrogen and oxygen atoms in total. The number of hydrogen-bond acceptors (Lipinski definition) is 3. The summed E-state index contributed by atoms with van der Waals surface area (Å²) in [6, 6.07) is 7.99. The lowest BCUT2D eigenvalue weighted by atomic mass is 10.1. The van der Waals surface area contributed by atoms with Crippen LogP contribution in [0.1, 0.15) is 38.3 Å². The third kappa shape index (κ3) is 8.57. The van der Waals surface area contributed by atoms with Crippen LogP contribution in [0, 0.1) is 0 Å². The highest BCUT2D eigenvalue weighted by Crippen LogP contribution is 2.16. The molecule has 0 saturated carbocycles. The minimum absolute atomic E-state index is 0. The van der Waals surface area contributed by atoms with E-state index in [2.05, 4.69) is 29.5 Å². The van der Waals surface area contributed by atoms with Crippen molar-refractivity contribution in [1.82, 2.24) is 10.6 Å². The summed E-state index contributed by atoms with van der Waals surface area (Å²) in [5.74, 6) is 0.792. The van der Waals surface area contributed by atoms with Crippen molar-refractivity contribution in [3.05, 3.63) is 34.9 Å². The molecule has 2 atom stereocenters. The zero-order valence-electron chi connectivity index (χ0n) is 15.0. The molecule has 0 aliphatic carbocycles. The van der Waals surface area contributed by atoms with Gasteiger partial charge in [-0.25, -0.2) is 0 Å². The number of benzene rings is 1. The standard InChI is InChI=1S/C18H28ClN3O2.HI/c1-3-20-18(21-10-12-23-13-17-5-4-11-24-17)22-14(2)15-6-8-16(19)9-7-15;/h6-9,14,17H,3-5,10-13H2,1-2H3,(H2,20,21,22);1H. The summed E-state index contributed by atoms with van der Waals surface area (Å²) in [7, 11) is 0. The molecule has 1 saturated heterocycles. The van der Waals surface area contributed by atoms with Gasteiger partial charge in [0, 0.05) is 18.2 Å². The Kier molecular flexibility index (Phi) is 11.4. The first-order valence-corrected chi connectivity index (χ1v) is 9.06. The molecule has 0 radical (unpaired) electrons. The summed E-state index contributed by atoms with van der Waals surface area (Å²) in [6.45, 7) is 7.73. The van der Waals surface area contributed by atoms with E-state index in [0.29, 0.717) is 19.8 Å². The topological polar surface area (TPSA) is 54.9 Å². The van der Waals surface area contributed by atoms with Crippen molar-refractivity contribution >= 4 is 41.5 Å². The quantitative estimate of drug-likeness (QED) is 0.257. The molecule has 7 heteroatoms. The van der Waals surface area contributed by atoms with Crippen LogP contribution in [0.3, 0.4) is 0 Å². The van der Waals surface area contributed by atoms with Crippen molar-refractivity contribution < 1.29 is 9.47 Å². The Morgan fingerprint density at radius 3 is 2.80 bits per heavy atom. The lowest BCUT2D eigenvalue weighted by Gasteiger charge is -2.18. The second kappa shape index (κ2) is 12.7. The van der Waals surface area contributed by atoms with Crippen molar-refractivity contribution in [3.63, 3.8) is 0 Å². The molecule has 0 aromatic heterocycles. The maximum Gasteiger partial charge on any atom is 0.191 e. The van der Waals surface area contributed by atoms with Crippen LogP contribution in [0.25, 0.3) is 0 Å². The zero-order chi connectivity index (χ0) is 17.2. The van der Waals surface area contributed by atoms with Gasteiger partial charge in [-0.1, -0.05) is 23.7 Å². The maximum atomic E-state index is 5.94. The summed E-state index contributed by atoms with van der Waals surface area (Å²) in [5, 5.41) is 7.41. The van der Waals surface area contributed by atoms with E-state index in [-0.39, 0.29) is 36.1 Å². The summed E-state index contributed by atoms with van der Waals surface area (Å²) < 4.78 is 11.2. The first kappa shape index (κ1) is 22.5. The van der Waals surface area contributed by atoms with Gasteiger partial charge in [-0.15, -0.1) is 24.0 Å². The van der Waals surface area contributed by atoms with Crippen LogP contribution in [-0.4, -0.2) is 45.0 Å². The molecule has 142 valence electrons. The fourth-order valence-corrected chi connectivity index (χ4v) is 2.70. The SMILES string of the molecule is CCNC(=NCCOCC1CCCO1)NC(C)c1ccc(Cl)cc1.I. The molecular formula is C18H29ClIN3O2. The number of halogens is 2. The lowest BCUT2D eigenvalue weighted by Crippen LogP contribution is -2.39. The molecule has 1 aromatic rings. The van der Waals surface area contributed by atoms with E-state index in [9.17, 15) is 0 Å². The molecule has 1 aromatic carbocycles. The van der Waals surface area contributed by atoms with Gasteiger partial charge < -0.3 is 20.1 Å². The van der Waals surface area contributed by atoms with Crippen molar-refractivity contribution in [2.45, 2.75) is 38.8 Å². The van der Waals surface area contributed by atoms with E-state index in [1.165, 1.54) is 5.56 Å². The fraction of sp³-hybridized carbons (Fsp3) is 0.611. The molecule has 0 spiro atoms. The van der Waals surface area contributed by atoms with E-state index >= 15 is 0 Å². The molecule has 2 N–H and O–H groups in total. The lowest BCUT2D eigenvalue weighted by molar-refractivity contribution is 0.0200. The molecule has 0 amide bonds. The first-order valence-electron chi connectivity index (χ1n) is 8.68. The van der Waals surface area contributed by atoms with Crippen LogP contribution >= 0.6 is 35.6 Å². The third-order valence-corrected chi connectivity index (χ3v) is 4.15. The van der Waals surface area contributed by atoms with Gasteiger partial charge in [0.2, 0.25) is 0 Å². The Hall–Kier alpha value is -0.570. The summed E-state index contributed by atoms with van der Waals surface area (Å²) in [5.41, 5.74) is 1.17. The van der Waals surface area contributed by atoms with E-state index in [0.717, 1.165) is 37.0 Å². The first-order chi connectivity index (χ1) is 11.7. The molecule has 1 heterocycles. The van der Waals surface area contributed by atoms with Crippen LogP contribution in [0.4, 0.5) is 0 Å². The average molecular weight is 482 g/mol. The monoisotopic (exact) mass is 481 g/mol. The highest BCUT2D eigenvalue weighted by molar-refractivity contribution is 14.0. The molecule has 0 bridgehead atoms. The summed E-state index contributed by atoms with van der Waals surface area (Å²) in [4.78, 5) is 4.56. The summed E-state index contributed by atoms with van der Waals surface area (Å²) in [6.07, 6.45) is 2.51. The highest BCUT2D eigenvalue weighted by atomic mass is 127. The number of ether oxygens (including phenoxy) is 2. The van der Waals surface area contributed by atoms with Gasteiger partial charge in [0.05, 0.1) is 31.9 Å². The molecule has 2 unspecified atom stereocenters. The van der Waals surface area contributed by atoms with Gasteiger partial charge in [0.1, 0.15) is 0 Å². The van der Waals surface area contributed by atoms with Crippen LogP contribution < -0.4 is 10.6 Å². The number of rotatable bonds is 8. The van der Waals surface area contributed by atoms with Gasteiger partial charge in [0.25, 0.3) is 0 Å². The number of aliphatic imine (C=N–C) groups is 1. The Bertz CT molecular complexity index is 508. The Labute approximate surface area is 172 Å². The number of hydrogen-bond donors (Lipinski definition) is 2. The van der Waals surface area contributed by atoms with Crippen molar-refractivity contribution in [1.29, 1.82) is 0 Å². The van der Waals surface area contributed by atoms with Crippen LogP contribution in [-0.2, 0) is 9.47 Å². The minimum Gasteiger partial charge on any atom is -0.377 e. The predicted molar refractivity (Wildman–Crippen MR) is 114 cm³/mol. The minimum atomic E-state index is 0. The molecule has 1 fully saturated rings.